The van der Waals surface area contributed by atoms with E-state index in [4.69, 9.17) is 10.6 Å². The van der Waals surface area contributed by atoms with E-state index in [1.54, 1.807) is 0 Å². The molecular weight excluding hydrogens is 288 g/mol. The molecule has 0 fully saturated rings. The number of nitrogens with one attached hydrogen (secondary N) is 2. The molecule has 1 aromatic carbocycles. The molecule has 9 nitrogen and oxygen atoms in total. The van der Waals surface area contributed by atoms with Crippen molar-refractivity contribution in [2.75, 3.05) is 25.7 Å². The number of rotatable bonds is 8. The summed E-state index contributed by atoms with van der Waals surface area (Å²) in [5.41, 5.74) is 1.99. The molecule has 112 valence electrons. The maximum Gasteiger partial charge on any atom is 0.289 e. The van der Waals surface area contributed by atoms with Crippen LogP contribution in [0.1, 0.15) is 6.42 Å². The predicted octanol–water partition coefficient (Wildman–Crippen LogP) is 0.195. The number of nitro benzene ring substituents is 1. The lowest BCUT2D eigenvalue weighted by Crippen LogP contribution is -2.26. The molecule has 0 radical (unpaired) electrons. The van der Waals surface area contributed by atoms with Gasteiger partial charge in [-0.15, -0.1) is 0 Å². The number of methoxy groups -OCH3 is 1. The molecule has 1 aromatic rings. The van der Waals surface area contributed by atoms with Crippen molar-refractivity contribution in [2.45, 2.75) is 11.3 Å². The Morgan fingerprint density at radius 1 is 1.45 bits per heavy atom. The molecule has 0 unspecified atom stereocenters. The predicted molar refractivity (Wildman–Crippen MR) is 72.6 cm³/mol. The number of hydrazine groups is 1. The third-order valence-corrected chi connectivity index (χ3v) is 3.92. The maximum absolute atomic E-state index is 12.1. The summed E-state index contributed by atoms with van der Waals surface area (Å²) in [5, 5.41) is 10.9. The van der Waals surface area contributed by atoms with E-state index in [-0.39, 0.29) is 12.2 Å². The smallest absolute Gasteiger partial charge is 0.289 e. The van der Waals surface area contributed by atoms with Gasteiger partial charge in [-0.25, -0.2) is 13.1 Å². The third kappa shape index (κ3) is 4.13. The second-order valence-electron chi connectivity index (χ2n) is 3.83. The minimum Gasteiger partial charge on any atom is -0.385 e. The molecule has 1 rings (SSSR count). The van der Waals surface area contributed by atoms with Gasteiger partial charge in [0.25, 0.3) is 5.69 Å². The number of ether oxygens (including phenoxy) is 1. The lowest BCUT2D eigenvalue weighted by Gasteiger charge is -2.08. The molecule has 0 aliphatic heterocycles. The van der Waals surface area contributed by atoms with E-state index >= 15 is 0 Å². The molecule has 20 heavy (non-hydrogen) atoms. The third-order valence-electron chi connectivity index (χ3n) is 2.43. The van der Waals surface area contributed by atoms with Crippen LogP contribution in [-0.4, -0.2) is 33.6 Å². The van der Waals surface area contributed by atoms with Gasteiger partial charge in [0.05, 0.1) is 10.6 Å². The van der Waals surface area contributed by atoms with Crippen molar-refractivity contribution < 1.29 is 18.1 Å². The van der Waals surface area contributed by atoms with E-state index in [1.165, 1.54) is 13.2 Å². The molecule has 0 atom stereocenters. The zero-order valence-corrected chi connectivity index (χ0v) is 11.6. The Labute approximate surface area is 116 Å². The summed E-state index contributed by atoms with van der Waals surface area (Å²) in [5.74, 6) is 5.18. The lowest BCUT2D eigenvalue weighted by molar-refractivity contribution is -0.387. The quantitative estimate of drug-likeness (QED) is 0.270. The van der Waals surface area contributed by atoms with Gasteiger partial charge in [0.2, 0.25) is 10.0 Å². The maximum atomic E-state index is 12.1. The highest BCUT2D eigenvalue weighted by Crippen LogP contribution is 2.26. The molecule has 0 aliphatic carbocycles. The Kier molecular flexibility index (Phi) is 5.82. The average molecular weight is 304 g/mol. The Morgan fingerprint density at radius 3 is 2.70 bits per heavy atom. The molecule has 0 heterocycles. The fraction of sp³-hybridized carbons (Fsp3) is 0.400. The highest BCUT2D eigenvalue weighted by atomic mass is 32.2. The number of nitrogen functional groups attached to an aromatic ring is 1. The first-order chi connectivity index (χ1) is 9.42. The van der Waals surface area contributed by atoms with Gasteiger partial charge in [-0.05, 0) is 18.6 Å². The van der Waals surface area contributed by atoms with Gasteiger partial charge in [0.1, 0.15) is 0 Å². The van der Waals surface area contributed by atoms with Gasteiger partial charge in [-0.1, -0.05) is 0 Å². The van der Waals surface area contributed by atoms with Crippen molar-refractivity contribution in [1.82, 2.24) is 4.72 Å². The number of sulfonamides is 1. The van der Waals surface area contributed by atoms with Crippen molar-refractivity contribution >= 4 is 21.4 Å². The summed E-state index contributed by atoms with van der Waals surface area (Å²) in [7, 11) is -2.50. The Balaban J connectivity index is 3.05. The van der Waals surface area contributed by atoms with Crippen molar-refractivity contribution in [3.8, 4) is 0 Å². The highest BCUT2D eigenvalue weighted by molar-refractivity contribution is 7.89. The topological polar surface area (TPSA) is 137 Å². The second kappa shape index (κ2) is 7.14. The Morgan fingerprint density at radius 2 is 2.15 bits per heavy atom. The van der Waals surface area contributed by atoms with Crippen molar-refractivity contribution in [1.29, 1.82) is 0 Å². The monoisotopic (exact) mass is 304 g/mol. The molecule has 0 aliphatic rings. The largest absolute Gasteiger partial charge is 0.385 e. The van der Waals surface area contributed by atoms with E-state index < -0.39 is 25.5 Å². The fourth-order valence-electron chi connectivity index (χ4n) is 1.47. The van der Waals surface area contributed by atoms with Crippen LogP contribution in [0.4, 0.5) is 11.4 Å². The number of hydrogen-bond donors (Lipinski definition) is 3. The first-order valence-corrected chi connectivity index (χ1v) is 7.14. The normalized spacial score (nSPS) is 11.3. The summed E-state index contributed by atoms with van der Waals surface area (Å²) in [6.45, 7) is 0.503. The number of benzene rings is 1. The standard InChI is InChI=1S/C10H16N4O5S/c1-19-6-2-5-12-20(17,18)10-7-8(13-11)3-4-9(10)14(15)16/h3-4,7,12-13H,2,5-6,11H2,1H3. The van der Waals surface area contributed by atoms with Crippen LogP contribution in [0.5, 0.6) is 0 Å². The molecule has 0 amide bonds. The first-order valence-electron chi connectivity index (χ1n) is 5.66. The molecular formula is C10H16N4O5S. The van der Waals surface area contributed by atoms with Crippen LogP contribution in [0.3, 0.4) is 0 Å². The van der Waals surface area contributed by atoms with Gasteiger partial charge in [-0.3, -0.25) is 16.0 Å². The minimum atomic E-state index is -3.99. The van der Waals surface area contributed by atoms with Gasteiger partial charge < -0.3 is 10.2 Å². The summed E-state index contributed by atoms with van der Waals surface area (Å²) >= 11 is 0. The molecule has 0 bridgehead atoms. The lowest BCUT2D eigenvalue weighted by atomic mass is 10.3. The van der Waals surface area contributed by atoms with Crippen molar-refractivity contribution in [3.05, 3.63) is 28.3 Å². The van der Waals surface area contributed by atoms with E-state index in [2.05, 4.69) is 10.1 Å². The molecule has 10 heteroatoms. The molecule has 0 saturated carbocycles. The van der Waals surface area contributed by atoms with Crippen LogP contribution < -0.4 is 16.0 Å². The average Bonchev–Trinajstić information content (AvgIpc) is 2.42. The summed E-state index contributed by atoms with van der Waals surface area (Å²) in [6.07, 6.45) is 0.457. The molecule has 0 saturated heterocycles. The van der Waals surface area contributed by atoms with Crippen LogP contribution in [-0.2, 0) is 14.8 Å². The highest BCUT2D eigenvalue weighted by Gasteiger charge is 2.25. The zero-order valence-electron chi connectivity index (χ0n) is 10.8. The number of nitro groups is 1. The Bertz CT molecular complexity index is 575. The van der Waals surface area contributed by atoms with Gasteiger partial charge in [0, 0.05) is 26.3 Å². The Hall–Kier alpha value is -1.75. The van der Waals surface area contributed by atoms with Crippen LogP contribution in [0.2, 0.25) is 0 Å². The SMILES string of the molecule is COCCCNS(=O)(=O)c1cc(NN)ccc1[N+](=O)[O-]. The minimum absolute atomic E-state index is 0.119. The van der Waals surface area contributed by atoms with Gasteiger partial charge >= 0.3 is 0 Å². The van der Waals surface area contributed by atoms with Crippen LogP contribution >= 0.6 is 0 Å². The summed E-state index contributed by atoms with van der Waals surface area (Å²) < 4.78 is 31.2. The number of nitrogens with two attached hydrogens (primary N) is 1. The van der Waals surface area contributed by atoms with E-state index in [9.17, 15) is 18.5 Å². The van der Waals surface area contributed by atoms with Gasteiger partial charge in [-0.2, -0.15) is 0 Å². The first kappa shape index (κ1) is 16.3. The number of anilines is 1. The fourth-order valence-corrected chi connectivity index (χ4v) is 2.74. The molecule has 0 spiro atoms. The van der Waals surface area contributed by atoms with Gasteiger partial charge in [0.15, 0.2) is 4.90 Å². The number of nitrogens with zero attached hydrogens (tertiary/aromatic N) is 1. The van der Waals surface area contributed by atoms with E-state index in [1.807, 2.05) is 0 Å². The van der Waals surface area contributed by atoms with Crippen LogP contribution in [0.15, 0.2) is 23.1 Å². The van der Waals surface area contributed by atoms with Crippen molar-refractivity contribution in [2.24, 2.45) is 5.84 Å². The van der Waals surface area contributed by atoms with Crippen LogP contribution in [0, 0.1) is 10.1 Å². The van der Waals surface area contributed by atoms with E-state index in [0.717, 1.165) is 12.1 Å². The second-order valence-corrected chi connectivity index (χ2v) is 5.56. The zero-order chi connectivity index (χ0) is 15.2. The van der Waals surface area contributed by atoms with Crippen molar-refractivity contribution in [3.63, 3.8) is 0 Å². The molecule has 0 aromatic heterocycles. The van der Waals surface area contributed by atoms with E-state index in [0.29, 0.717) is 13.0 Å². The van der Waals surface area contributed by atoms with Crippen LogP contribution in [0.25, 0.3) is 0 Å². The molecule has 4 N–H and O–H groups in total. The summed E-state index contributed by atoms with van der Waals surface area (Å²) in [6, 6.07) is 3.51. The number of hydrogen-bond acceptors (Lipinski definition) is 7. The summed E-state index contributed by atoms with van der Waals surface area (Å²) in [4.78, 5) is 9.69.